The van der Waals surface area contributed by atoms with E-state index in [1.54, 1.807) is 23.0 Å². The minimum Gasteiger partial charge on any atom is -0.293 e. The van der Waals surface area contributed by atoms with Crippen LogP contribution < -0.4 is 0 Å². The van der Waals surface area contributed by atoms with Gasteiger partial charge in [0.25, 0.3) is 10.0 Å². The second-order valence-corrected chi connectivity index (χ2v) is 11.8. The van der Waals surface area contributed by atoms with Crippen molar-refractivity contribution in [3.05, 3.63) is 65.7 Å². The first-order valence-corrected chi connectivity index (χ1v) is 14.0. The molecule has 0 N–H and O–H groups in total. The Labute approximate surface area is 216 Å². The Bertz CT molecular complexity index is 1510. The zero-order valence-electron chi connectivity index (χ0n) is 21.5. The van der Waals surface area contributed by atoms with Crippen LogP contribution in [0.15, 0.2) is 53.8 Å². The molecule has 196 valence electrons. The summed E-state index contributed by atoms with van der Waals surface area (Å²) < 4.78 is 43.7. The van der Waals surface area contributed by atoms with Gasteiger partial charge in [-0.1, -0.05) is 13.8 Å². The van der Waals surface area contributed by atoms with Crippen molar-refractivity contribution in [1.82, 2.24) is 34.0 Å². The Morgan fingerprint density at radius 2 is 1.84 bits per heavy atom. The Morgan fingerprint density at radius 3 is 2.51 bits per heavy atom. The molecule has 1 unspecified atom stereocenters. The molecule has 0 saturated carbocycles. The molecule has 1 aliphatic rings. The van der Waals surface area contributed by atoms with Crippen LogP contribution in [0, 0.1) is 18.7 Å². The molecule has 1 atom stereocenters. The fraction of sp³-hybridized carbons (Fsp3) is 0.423. The molecule has 0 spiro atoms. The van der Waals surface area contributed by atoms with Crippen LogP contribution in [0.5, 0.6) is 0 Å². The molecule has 9 nitrogen and oxygen atoms in total. The summed E-state index contributed by atoms with van der Waals surface area (Å²) in [5, 5.41) is 13.7. The van der Waals surface area contributed by atoms with E-state index in [-0.39, 0.29) is 16.9 Å². The predicted molar refractivity (Wildman–Crippen MR) is 139 cm³/mol. The van der Waals surface area contributed by atoms with Crippen molar-refractivity contribution >= 4 is 20.9 Å². The van der Waals surface area contributed by atoms with Crippen LogP contribution in [-0.2, 0) is 16.6 Å². The number of benzene rings is 2. The summed E-state index contributed by atoms with van der Waals surface area (Å²) in [5.41, 5.74) is 3.81. The lowest BCUT2D eigenvalue weighted by Crippen LogP contribution is -2.51. The number of nitrogens with zero attached hydrogens (tertiary/aromatic N) is 7. The molecule has 0 bridgehead atoms. The van der Waals surface area contributed by atoms with Crippen molar-refractivity contribution in [3.63, 3.8) is 0 Å². The molecule has 37 heavy (non-hydrogen) atoms. The lowest BCUT2D eigenvalue weighted by atomic mass is 9.96. The van der Waals surface area contributed by atoms with E-state index in [9.17, 15) is 12.8 Å². The summed E-state index contributed by atoms with van der Waals surface area (Å²) >= 11 is 0. The van der Waals surface area contributed by atoms with Gasteiger partial charge in [-0.3, -0.25) is 4.90 Å². The maximum absolute atomic E-state index is 13.5. The van der Waals surface area contributed by atoms with Crippen molar-refractivity contribution in [2.24, 2.45) is 5.92 Å². The van der Waals surface area contributed by atoms with Crippen LogP contribution in [-0.4, -0.2) is 68.6 Å². The largest absolute Gasteiger partial charge is 0.293 e. The number of hydrogen-bond donors (Lipinski definition) is 0. The van der Waals surface area contributed by atoms with Gasteiger partial charge in [-0.15, -0.1) is 5.10 Å². The van der Waals surface area contributed by atoms with Gasteiger partial charge in [0, 0.05) is 37.6 Å². The molecular formula is C26H32FN7O2S. The highest BCUT2D eigenvalue weighted by Crippen LogP contribution is 2.34. The Hall–Kier alpha value is -3.15. The first kappa shape index (κ1) is 25.5. The first-order valence-electron chi connectivity index (χ1n) is 12.6. The summed E-state index contributed by atoms with van der Waals surface area (Å²) in [6.07, 6.45) is 3.13. The number of piperazine rings is 1. The van der Waals surface area contributed by atoms with Crippen LogP contribution in [0.4, 0.5) is 4.39 Å². The van der Waals surface area contributed by atoms with Crippen LogP contribution in [0.3, 0.4) is 0 Å². The Balaban J connectivity index is 1.52. The molecule has 11 heteroatoms. The van der Waals surface area contributed by atoms with Gasteiger partial charge in [0.15, 0.2) is 0 Å². The average molecular weight is 526 g/mol. The summed E-state index contributed by atoms with van der Waals surface area (Å²) in [6, 6.07) is 10.3. The van der Waals surface area contributed by atoms with E-state index >= 15 is 0 Å². The molecule has 1 fully saturated rings. The molecule has 5 rings (SSSR count). The highest BCUT2D eigenvalue weighted by Gasteiger charge is 2.37. The Morgan fingerprint density at radius 1 is 1.08 bits per heavy atom. The van der Waals surface area contributed by atoms with E-state index in [1.807, 2.05) is 13.8 Å². The van der Waals surface area contributed by atoms with E-state index in [0.717, 1.165) is 34.3 Å². The third-order valence-corrected chi connectivity index (χ3v) is 8.57. The van der Waals surface area contributed by atoms with Gasteiger partial charge in [0.1, 0.15) is 5.82 Å². The van der Waals surface area contributed by atoms with Crippen molar-refractivity contribution in [2.75, 3.05) is 26.2 Å². The highest BCUT2D eigenvalue weighted by atomic mass is 32.2. The predicted octanol–water partition coefficient (Wildman–Crippen LogP) is 3.79. The van der Waals surface area contributed by atoms with Crippen molar-refractivity contribution in [1.29, 1.82) is 0 Å². The van der Waals surface area contributed by atoms with Gasteiger partial charge in [-0.25, -0.2) is 17.5 Å². The fourth-order valence-corrected chi connectivity index (χ4v) is 6.33. The molecule has 4 aromatic rings. The van der Waals surface area contributed by atoms with Crippen LogP contribution in [0.1, 0.15) is 37.9 Å². The topological polar surface area (TPSA) is 89.2 Å². The van der Waals surface area contributed by atoms with Crippen LogP contribution in [0.2, 0.25) is 0 Å². The normalized spacial score (nSPS) is 17.7. The zero-order valence-corrected chi connectivity index (χ0v) is 22.4. The summed E-state index contributed by atoms with van der Waals surface area (Å²) in [5.74, 6) is 0.137. The second kappa shape index (κ2) is 9.96. The SMILES string of the molecule is CCn1ncc(S(=O)(=O)N2CCN(CC(C)C)C(c3cc4cnn(-c5ccc(F)cc5)c4cc3C)C2)n1. The van der Waals surface area contributed by atoms with Gasteiger partial charge < -0.3 is 0 Å². The molecule has 0 amide bonds. The smallest absolute Gasteiger partial charge is 0.264 e. The molecule has 3 heterocycles. The summed E-state index contributed by atoms with van der Waals surface area (Å²) in [6.45, 7) is 11.0. The molecule has 2 aromatic heterocycles. The quantitative estimate of drug-likeness (QED) is 0.365. The second-order valence-electron chi connectivity index (χ2n) is 9.94. The molecule has 0 aliphatic carbocycles. The third-order valence-electron chi connectivity index (χ3n) is 6.84. The first-order chi connectivity index (χ1) is 17.7. The van der Waals surface area contributed by atoms with Gasteiger partial charge in [-0.05, 0) is 67.3 Å². The van der Waals surface area contributed by atoms with Crippen LogP contribution in [0.25, 0.3) is 16.6 Å². The number of rotatable bonds is 7. The third kappa shape index (κ3) is 4.90. The van der Waals surface area contributed by atoms with E-state index in [2.05, 4.69) is 46.2 Å². The number of fused-ring (bicyclic) bond motifs is 1. The van der Waals surface area contributed by atoms with Gasteiger partial charge >= 0.3 is 0 Å². The maximum atomic E-state index is 13.5. The van der Waals surface area contributed by atoms with Crippen molar-refractivity contribution < 1.29 is 12.8 Å². The molecule has 0 radical (unpaired) electrons. The summed E-state index contributed by atoms with van der Waals surface area (Å²) in [7, 11) is -3.77. The fourth-order valence-electron chi connectivity index (χ4n) is 5.02. The number of halogens is 1. The molecule has 2 aromatic carbocycles. The number of aromatic nitrogens is 5. The molecule has 1 aliphatic heterocycles. The van der Waals surface area contributed by atoms with Crippen LogP contribution >= 0.6 is 0 Å². The van der Waals surface area contributed by atoms with Gasteiger partial charge in [0.2, 0.25) is 5.03 Å². The van der Waals surface area contributed by atoms with Crippen molar-refractivity contribution in [2.45, 2.75) is 45.3 Å². The zero-order chi connectivity index (χ0) is 26.3. The highest BCUT2D eigenvalue weighted by molar-refractivity contribution is 7.89. The maximum Gasteiger partial charge on any atom is 0.264 e. The minimum absolute atomic E-state index is 0.0156. The standard InChI is InChI=1S/C26H32FN7O2S/c1-5-33-28-15-26(30-33)37(35,36)32-11-10-31(16-18(2)3)25(17-32)23-13-20-14-29-34(24(20)12-19(23)4)22-8-6-21(27)7-9-22/h6-9,12-15,18,25H,5,10-11,16-17H2,1-4H3. The van der Waals surface area contributed by atoms with Gasteiger partial charge in [0.05, 0.1) is 30.1 Å². The van der Waals surface area contributed by atoms with E-state index in [4.69, 9.17) is 0 Å². The molecular weight excluding hydrogens is 493 g/mol. The lowest BCUT2D eigenvalue weighted by Gasteiger charge is -2.42. The summed E-state index contributed by atoms with van der Waals surface area (Å²) in [4.78, 5) is 3.76. The Kier molecular flexibility index (Phi) is 6.86. The van der Waals surface area contributed by atoms with E-state index in [1.165, 1.54) is 27.4 Å². The number of hydrogen-bond acceptors (Lipinski definition) is 6. The minimum atomic E-state index is -3.77. The monoisotopic (exact) mass is 525 g/mol. The van der Waals surface area contributed by atoms with E-state index in [0.29, 0.717) is 32.1 Å². The lowest BCUT2D eigenvalue weighted by molar-refractivity contribution is 0.105. The molecule has 1 saturated heterocycles. The van der Waals surface area contributed by atoms with Crippen molar-refractivity contribution in [3.8, 4) is 5.69 Å². The van der Waals surface area contributed by atoms with E-state index < -0.39 is 10.0 Å². The number of aryl methyl sites for hydroxylation is 2. The average Bonchev–Trinajstić information content (AvgIpc) is 3.51. The number of sulfonamides is 1. The van der Waals surface area contributed by atoms with Gasteiger partial charge in [-0.2, -0.15) is 19.3 Å².